The van der Waals surface area contributed by atoms with Crippen LogP contribution in [0.5, 0.6) is 11.5 Å². The average molecular weight is 428 g/mol. The van der Waals surface area contributed by atoms with Crippen molar-refractivity contribution >= 4 is 19.7 Å². The molecule has 6 heteroatoms. The van der Waals surface area contributed by atoms with Gasteiger partial charge in [-0.15, -0.1) is 0 Å². The van der Waals surface area contributed by atoms with Gasteiger partial charge in [0.25, 0.3) is 0 Å². The van der Waals surface area contributed by atoms with Crippen LogP contribution in [-0.2, 0) is 18.1 Å². The summed E-state index contributed by atoms with van der Waals surface area (Å²) in [5, 5.41) is 10.7. The monoisotopic (exact) mass is 427 g/mol. The van der Waals surface area contributed by atoms with Crippen LogP contribution < -0.4 is 4.74 Å². The maximum absolute atomic E-state index is 10.0. The highest BCUT2D eigenvalue weighted by Gasteiger charge is 2.26. The molecule has 1 aliphatic heterocycles. The second-order valence-electron chi connectivity index (χ2n) is 8.57. The average Bonchev–Trinajstić information content (AvgIpc) is 2.98. The third kappa shape index (κ3) is 4.14. The van der Waals surface area contributed by atoms with E-state index in [1.54, 1.807) is 0 Å². The molecule has 0 unspecified atom stereocenters. The van der Waals surface area contributed by atoms with E-state index >= 15 is 0 Å². The van der Waals surface area contributed by atoms with Crippen molar-refractivity contribution < 1.29 is 14.6 Å². The Morgan fingerprint density at radius 2 is 1.76 bits per heavy atom. The van der Waals surface area contributed by atoms with Crippen LogP contribution in [0.2, 0.25) is 30.7 Å². The van der Waals surface area contributed by atoms with Gasteiger partial charge < -0.3 is 19.1 Å². The van der Waals surface area contributed by atoms with Crippen LogP contribution in [0.1, 0.15) is 5.69 Å². The molecule has 152 valence electrons. The summed E-state index contributed by atoms with van der Waals surface area (Å²) in [4.78, 5) is 0. The van der Waals surface area contributed by atoms with Crippen LogP contribution in [0.3, 0.4) is 0 Å². The zero-order valence-corrected chi connectivity index (χ0v) is 18.8. The number of hydrogen-bond acceptors (Lipinski definition) is 3. The molecule has 2 heterocycles. The fourth-order valence-electron chi connectivity index (χ4n) is 3.58. The van der Waals surface area contributed by atoms with Crippen molar-refractivity contribution in [1.29, 1.82) is 0 Å². The van der Waals surface area contributed by atoms with E-state index < -0.39 is 8.07 Å². The summed E-state index contributed by atoms with van der Waals surface area (Å²) in [6.45, 7) is 8.04. The van der Waals surface area contributed by atoms with Crippen molar-refractivity contribution in [3.05, 3.63) is 59.2 Å². The number of rotatable bonds is 6. The molecule has 0 aliphatic carbocycles. The number of aliphatic hydroxyl groups excluding tert-OH is 1. The summed E-state index contributed by atoms with van der Waals surface area (Å²) >= 11 is 6.34. The second kappa shape index (κ2) is 7.99. The molecular weight excluding hydrogens is 402 g/mol. The fraction of sp³-hybridized carbons (Fsp3) is 0.304. The minimum absolute atomic E-state index is 0.0662. The first-order chi connectivity index (χ1) is 13.9. The van der Waals surface area contributed by atoms with E-state index in [0.29, 0.717) is 18.4 Å². The van der Waals surface area contributed by atoms with E-state index in [0.717, 1.165) is 45.6 Å². The molecule has 0 saturated carbocycles. The molecule has 3 aromatic rings. The number of aromatic nitrogens is 1. The van der Waals surface area contributed by atoms with Crippen LogP contribution >= 0.6 is 11.6 Å². The third-order valence-electron chi connectivity index (χ3n) is 5.16. The van der Waals surface area contributed by atoms with Crippen LogP contribution in [0.15, 0.2) is 48.5 Å². The summed E-state index contributed by atoms with van der Waals surface area (Å²) in [5.41, 5.74) is 4.68. The number of hydrogen-bond donors (Lipinski definition) is 1. The molecule has 0 radical (unpaired) electrons. The van der Waals surface area contributed by atoms with Gasteiger partial charge in [-0.2, -0.15) is 0 Å². The van der Waals surface area contributed by atoms with Gasteiger partial charge in [0.1, 0.15) is 18.2 Å². The Labute approximate surface area is 177 Å². The predicted octanol–water partition coefficient (Wildman–Crippen LogP) is 6.39. The Hall–Kier alpha value is -2.05. The van der Waals surface area contributed by atoms with Gasteiger partial charge in [0, 0.05) is 42.1 Å². The molecule has 1 aromatic heterocycles. The maximum atomic E-state index is 10.0. The highest BCUT2D eigenvalue weighted by molar-refractivity contribution is 6.76. The minimum Gasteiger partial charge on any atom is -0.456 e. The SMILES string of the molecule is C[Si](C)(C)CCOCn1c(CO)cc2c1-c1cc(Cl)ccc1Oc1ccccc1-2. The lowest BCUT2D eigenvalue weighted by molar-refractivity contribution is 0.0836. The number of nitrogens with zero attached hydrogens (tertiary/aromatic N) is 1. The first kappa shape index (κ1) is 20.2. The van der Waals surface area contributed by atoms with Gasteiger partial charge in [0.15, 0.2) is 0 Å². The molecular formula is C23H26ClNO3Si. The Morgan fingerprint density at radius 3 is 2.52 bits per heavy atom. The van der Waals surface area contributed by atoms with E-state index in [9.17, 15) is 5.11 Å². The molecule has 0 spiro atoms. The lowest BCUT2D eigenvalue weighted by Crippen LogP contribution is -2.22. The first-order valence-electron chi connectivity index (χ1n) is 9.85. The Bertz CT molecular complexity index is 1040. The molecule has 4 nitrogen and oxygen atoms in total. The van der Waals surface area contributed by atoms with Gasteiger partial charge in [-0.25, -0.2) is 0 Å². The summed E-state index contributed by atoms with van der Waals surface area (Å²) in [5.74, 6) is 1.53. The summed E-state index contributed by atoms with van der Waals surface area (Å²) in [7, 11) is -1.17. The standard InChI is InChI=1S/C23H26ClNO3Si/c1-29(2,3)11-10-27-15-25-17(14-26)13-19-18-6-4-5-7-21(18)28-22-9-8-16(24)12-20(22)23(19)25/h4-9,12-13,26H,10-11,14-15H2,1-3H3. The maximum Gasteiger partial charge on any atom is 0.136 e. The van der Waals surface area contributed by atoms with E-state index in [1.807, 2.05) is 53.1 Å². The lowest BCUT2D eigenvalue weighted by Gasteiger charge is -2.18. The van der Waals surface area contributed by atoms with Crippen molar-refractivity contribution in [3.8, 4) is 33.9 Å². The van der Waals surface area contributed by atoms with E-state index in [4.69, 9.17) is 21.1 Å². The summed E-state index contributed by atoms with van der Waals surface area (Å²) in [6, 6.07) is 16.7. The van der Waals surface area contributed by atoms with Gasteiger partial charge in [-0.1, -0.05) is 49.4 Å². The van der Waals surface area contributed by atoms with Gasteiger partial charge in [0.2, 0.25) is 0 Å². The van der Waals surface area contributed by atoms with Crippen molar-refractivity contribution in [3.63, 3.8) is 0 Å². The van der Waals surface area contributed by atoms with Crippen LogP contribution in [-0.4, -0.2) is 24.4 Å². The molecule has 4 rings (SSSR count). The Kier molecular flexibility index (Phi) is 5.58. The Balaban J connectivity index is 1.82. The van der Waals surface area contributed by atoms with Crippen LogP contribution in [0, 0.1) is 0 Å². The molecule has 0 bridgehead atoms. The van der Waals surface area contributed by atoms with Gasteiger partial charge >= 0.3 is 0 Å². The largest absolute Gasteiger partial charge is 0.456 e. The van der Waals surface area contributed by atoms with Crippen molar-refractivity contribution in [2.45, 2.75) is 39.0 Å². The van der Waals surface area contributed by atoms with E-state index in [1.165, 1.54) is 0 Å². The minimum atomic E-state index is -1.17. The fourth-order valence-corrected chi connectivity index (χ4v) is 4.51. The van der Waals surface area contributed by atoms with Crippen molar-refractivity contribution in [2.75, 3.05) is 6.61 Å². The molecule has 1 aliphatic rings. The van der Waals surface area contributed by atoms with Crippen LogP contribution in [0.25, 0.3) is 22.4 Å². The lowest BCUT2D eigenvalue weighted by atomic mass is 10.0. The molecule has 1 N–H and O–H groups in total. The molecule has 0 saturated heterocycles. The number of halogens is 1. The van der Waals surface area contributed by atoms with Gasteiger partial charge in [-0.05, 0) is 36.4 Å². The molecule has 29 heavy (non-hydrogen) atoms. The second-order valence-corrected chi connectivity index (χ2v) is 14.6. The quantitative estimate of drug-likeness (QED) is 0.286. The van der Waals surface area contributed by atoms with E-state index in [-0.39, 0.29) is 6.61 Å². The number of ether oxygens (including phenoxy) is 2. The molecule has 0 atom stereocenters. The third-order valence-corrected chi connectivity index (χ3v) is 7.09. The van der Waals surface area contributed by atoms with E-state index in [2.05, 4.69) is 19.6 Å². The predicted molar refractivity (Wildman–Crippen MR) is 120 cm³/mol. The smallest absolute Gasteiger partial charge is 0.136 e. The Morgan fingerprint density at radius 1 is 1.00 bits per heavy atom. The molecule has 0 fully saturated rings. The molecule has 0 amide bonds. The summed E-state index contributed by atoms with van der Waals surface area (Å²) < 4.78 is 14.3. The first-order valence-corrected chi connectivity index (χ1v) is 13.9. The van der Waals surface area contributed by atoms with Gasteiger partial charge in [0.05, 0.1) is 12.3 Å². The highest BCUT2D eigenvalue weighted by Crippen LogP contribution is 2.48. The number of para-hydroxylation sites is 1. The van der Waals surface area contributed by atoms with Gasteiger partial charge in [-0.3, -0.25) is 0 Å². The zero-order chi connectivity index (χ0) is 20.6. The zero-order valence-electron chi connectivity index (χ0n) is 17.0. The topological polar surface area (TPSA) is 43.6 Å². The van der Waals surface area contributed by atoms with Crippen molar-refractivity contribution in [2.24, 2.45) is 0 Å². The summed E-state index contributed by atoms with van der Waals surface area (Å²) in [6.07, 6.45) is 0. The molecule has 2 aromatic carbocycles. The number of fused-ring (bicyclic) bond motifs is 5. The highest BCUT2D eigenvalue weighted by atomic mass is 35.5. The number of aliphatic hydroxyl groups is 1. The van der Waals surface area contributed by atoms with Crippen molar-refractivity contribution in [1.82, 2.24) is 4.57 Å². The normalized spacial score (nSPS) is 12.6. The number of benzene rings is 2. The van der Waals surface area contributed by atoms with Crippen LogP contribution in [0.4, 0.5) is 0 Å².